The molecule has 3 heterocycles. The number of carbonyl (C=O) groups excluding carboxylic acids is 1. The van der Waals surface area contributed by atoms with Crippen molar-refractivity contribution in [2.24, 2.45) is 10.9 Å². The number of nitrogens with one attached hydrogen (secondary N) is 2. The van der Waals surface area contributed by atoms with E-state index in [4.69, 9.17) is 9.47 Å². The van der Waals surface area contributed by atoms with Crippen LogP contribution in [0, 0.1) is 11.7 Å². The minimum absolute atomic E-state index is 0.173. The quantitative estimate of drug-likeness (QED) is 0.508. The fourth-order valence-corrected chi connectivity index (χ4v) is 4.54. The molecule has 0 spiro atoms. The number of rotatable bonds is 10. The summed E-state index contributed by atoms with van der Waals surface area (Å²) in [6, 6.07) is 3.42. The van der Waals surface area contributed by atoms with Crippen molar-refractivity contribution in [3.63, 3.8) is 0 Å². The van der Waals surface area contributed by atoms with E-state index < -0.39 is 0 Å². The van der Waals surface area contributed by atoms with E-state index >= 15 is 0 Å². The van der Waals surface area contributed by atoms with Gasteiger partial charge in [-0.05, 0) is 55.5 Å². The van der Waals surface area contributed by atoms with Crippen LogP contribution < -0.4 is 15.4 Å². The van der Waals surface area contributed by atoms with Gasteiger partial charge in [0.1, 0.15) is 24.3 Å². The number of hydrogen-bond donors (Lipinski definition) is 2. The van der Waals surface area contributed by atoms with E-state index in [-0.39, 0.29) is 18.0 Å². The standard InChI is InChI=1S/C23H28FN7O3/c24-21-12-19(33-8-7-30-6-5-28-29-30)11-17-9-16(10-20(17)21)13-25-2-1-18-15-31(23(32)34-18)22-14-26-3-4-27-22/h4-6,11-12,14,16,18,25-26H,1-3,7-10,13,15H2. The van der Waals surface area contributed by atoms with Gasteiger partial charge in [0.05, 0.1) is 19.3 Å². The maximum absolute atomic E-state index is 14.6. The third-order valence-electron chi connectivity index (χ3n) is 6.21. The first-order valence-electron chi connectivity index (χ1n) is 11.6. The van der Waals surface area contributed by atoms with Gasteiger partial charge in [-0.1, -0.05) is 5.21 Å². The second kappa shape index (κ2) is 10.2. The lowest BCUT2D eigenvalue weighted by Crippen LogP contribution is -2.29. The number of cyclic esters (lactones) is 1. The van der Waals surface area contributed by atoms with E-state index in [0.717, 1.165) is 30.6 Å². The molecule has 34 heavy (non-hydrogen) atoms. The number of nitrogens with zero attached hydrogens (tertiary/aromatic N) is 5. The summed E-state index contributed by atoms with van der Waals surface area (Å²) < 4.78 is 27.5. The van der Waals surface area contributed by atoms with Crippen LogP contribution in [0.25, 0.3) is 0 Å². The number of carbonyl (C=O) groups is 1. The molecular formula is C23H28FN7O3. The highest BCUT2D eigenvalue weighted by Crippen LogP contribution is 2.32. The number of fused-ring (bicyclic) bond motifs is 1. The minimum atomic E-state index is -0.363. The summed E-state index contributed by atoms with van der Waals surface area (Å²) in [5, 5.41) is 14.1. The predicted molar refractivity (Wildman–Crippen MR) is 122 cm³/mol. The molecule has 1 aromatic heterocycles. The molecule has 5 rings (SSSR count). The SMILES string of the molecule is O=C1OC(CCNCC2Cc3cc(OCCn4ccnn4)cc(F)c3C2)CN1C1=CNCC=N1. The number of aromatic nitrogens is 3. The highest BCUT2D eigenvalue weighted by Gasteiger charge is 2.33. The van der Waals surface area contributed by atoms with Gasteiger partial charge in [-0.25, -0.2) is 18.9 Å². The predicted octanol–water partition coefficient (Wildman–Crippen LogP) is 1.48. The Labute approximate surface area is 196 Å². The summed E-state index contributed by atoms with van der Waals surface area (Å²) >= 11 is 0. The fourth-order valence-electron chi connectivity index (χ4n) is 4.54. The van der Waals surface area contributed by atoms with Crippen LogP contribution in [0.4, 0.5) is 9.18 Å². The lowest BCUT2D eigenvalue weighted by atomic mass is 10.1. The average Bonchev–Trinajstić information content (AvgIpc) is 3.58. The number of hydrogen-bond acceptors (Lipinski definition) is 8. The molecule has 0 radical (unpaired) electrons. The molecule has 2 aliphatic heterocycles. The molecule has 0 bridgehead atoms. The maximum Gasteiger partial charge on any atom is 0.415 e. The first-order valence-corrected chi connectivity index (χ1v) is 11.6. The molecule has 1 amide bonds. The second-order valence-corrected chi connectivity index (χ2v) is 8.66. The Morgan fingerprint density at radius 3 is 3.09 bits per heavy atom. The van der Waals surface area contributed by atoms with Crippen LogP contribution in [0.5, 0.6) is 5.75 Å². The summed E-state index contributed by atoms with van der Waals surface area (Å²) in [5.41, 5.74) is 1.79. The lowest BCUT2D eigenvalue weighted by molar-refractivity contribution is 0.130. The molecule has 11 heteroatoms. The summed E-state index contributed by atoms with van der Waals surface area (Å²) in [4.78, 5) is 17.9. The van der Waals surface area contributed by atoms with E-state index in [0.29, 0.717) is 56.6 Å². The molecular weight excluding hydrogens is 441 g/mol. The average molecular weight is 470 g/mol. The molecule has 180 valence electrons. The molecule has 2 unspecified atom stereocenters. The smallest absolute Gasteiger partial charge is 0.415 e. The summed E-state index contributed by atoms with van der Waals surface area (Å²) in [6.07, 6.45) is 8.53. The summed E-state index contributed by atoms with van der Waals surface area (Å²) in [5.74, 6) is 1.25. The second-order valence-electron chi connectivity index (χ2n) is 8.66. The number of amides is 1. The third-order valence-corrected chi connectivity index (χ3v) is 6.21. The minimum Gasteiger partial charge on any atom is -0.492 e. The molecule has 1 saturated heterocycles. The molecule has 2 N–H and O–H groups in total. The van der Waals surface area contributed by atoms with Crippen LogP contribution >= 0.6 is 0 Å². The Morgan fingerprint density at radius 2 is 2.26 bits per heavy atom. The highest BCUT2D eigenvalue weighted by molar-refractivity contribution is 5.73. The zero-order valence-electron chi connectivity index (χ0n) is 18.8. The number of halogens is 1. The lowest BCUT2D eigenvalue weighted by Gasteiger charge is -2.16. The van der Waals surface area contributed by atoms with Crippen molar-refractivity contribution in [3.05, 3.63) is 53.5 Å². The van der Waals surface area contributed by atoms with Crippen molar-refractivity contribution in [2.45, 2.75) is 31.9 Å². The monoisotopic (exact) mass is 469 g/mol. The van der Waals surface area contributed by atoms with E-state index in [9.17, 15) is 9.18 Å². The van der Waals surface area contributed by atoms with Gasteiger partial charge >= 0.3 is 6.09 Å². The molecule has 10 nitrogen and oxygen atoms in total. The van der Waals surface area contributed by atoms with Gasteiger partial charge < -0.3 is 20.1 Å². The first kappa shape index (κ1) is 22.3. The van der Waals surface area contributed by atoms with Crippen molar-refractivity contribution in [2.75, 3.05) is 32.8 Å². The first-order chi connectivity index (χ1) is 16.7. The number of benzene rings is 1. The Hall–Kier alpha value is -3.47. The Bertz CT molecular complexity index is 1070. The Kier molecular flexibility index (Phi) is 6.70. The van der Waals surface area contributed by atoms with E-state index in [1.165, 1.54) is 6.07 Å². The molecule has 0 saturated carbocycles. The van der Waals surface area contributed by atoms with Crippen molar-refractivity contribution in [1.82, 2.24) is 30.5 Å². The molecule has 1 fully saturated rings. The van der Waals surface area contributed by atoms with Gasteiger partial charge in [0.25, 0.3) is 0 Å². The Morgan fingerprint density at radius 1 is 1.32 bits per heavy atom. The highest BCUT2D eigenvalue weighted by atomic mass is 19.1. The largest absolute Gasteiger partial charge is 0.492 e. The maximum atomic E-state index is 14.6. The molecule has 2 atom stereocenters. The van der Waals surface area contributed by atoms with Gasteiger partial charge in [-0.3, -0.25) is 4.90 Å². The number of ether oxygens (including phenoxy) is 2. The molecule has 1 aromatic carbocycles. The van der Waals surface area contributed by atoms with E-state index in [1.807, 2.05) is 6.07 Å². The van der Waals surface area contributed by atoms with Crippen LogP contribution in [0.2, 0.25) is 0 Å². The van der Waals surface area contributed by atoms with Crippen molar-refractivity contribution in [3.8, 4) is 5.75 Å². The van der Waals surface area contributed by atoms with Crippen LogP contribution in [0.15, 0.2) is 41.5 Å². The van der Waals surface area contributed by atoms with Gasteiger partial charge in [0, 0.05) is 31.2 Å². The summed E-state index contributed by atoms with van der Waals surface area (Å²) in [6.45, 7) is 3.60. The summed E-state index contributed by atoms with van der Waals surface area (Å²) in [7, 11) is 0. The van der Waals surface area contributed by atoms with Crippen LogP contribution in [0.3, 0.4) is 0 Å². The zero-order chi connectivity index (χ0) is 23.3. The molecule has 2 aromatic rings. The molecule has 1 aliphatic carbocycles. The van der Waals surface area contributed by atoms with Gasteiger partial charge in [-0.15, -0.1) is 5.10 Å². The third kappa shape index (κ3) is 5.19. The molecule has 3 aliphatic rings. The van der Waals surface area contributed by atoms with Crippen molar-refractivity contribution >= 4 is 12.3 Å². The van der Waals surface area contributed by atoms with Gasteiger partial charge in [-0.2, -0.15) is 0 Å². The Balaban J connectivity index is 1.04. The van der Waals surface area contributed by atoms with Crippen molar-refractivity contribution < 1.29 is 18.7 Å². The zero-order valence-corrected chi connectivity index (χ0v) is 18.8. The van der Waals surface area contributed by atoms with Crippen LogP contribution in [-0.4, -0.2) is 71.1 Å². The fraction of sp³-hybridized carbons (Fsp3) is 0.478. The van der Waals surface area contributed by atoms with Gasteiger partial charge in [0.2, 0.25) is 0 Å². The van der Waals surface area contributed by atoms with Crippen LogP contribution in [0.1, 0.15) is 17.5 Å². The number of aliphatic imine (C=N–C) groups is 1. The topological polar surface area (TPSA) is 106 Å². The van der Waals surface area contributed by atoms with E-state index in [1.54, 1.807) is 34.4 Å². The van der Waals surface area contributed by atoms with Crippen molar-refractivity contribution in [1.29, 1.82) is 0 Å². The normalized spacial score (nSPS) is 21.3. The van der Waals surface area contributed by atoms with Gasteiger partial charge in [0.15, 0.2) is 5.82 Å². The van der Waals surface area contributed by atoms with Crippen LogP contribution in [-0.2, 0) is 24.1 Å². The van der Waals surface area contributed by atoms with E-state index in [2.05, 4.69) is 25.9 Å².